The molecule has 0 aliphatic rings. The Morgan fingerprint density at radius 1 is 0.478 bits per heavy atom. The van der Waals surface area contributed by atoms with Gasteiger partial charge in [0, 0.05) is 33.0 Å². The maximum atomic E-state index is 7.75. The molecule has 0 aliphatic carbocycles. The van der Waals surface area contributed by atoms with Crippen molar-refractivity contribution < 1.29 is 37.8 Å². The van der Waals surface area contributed by atoms with Gasteiger partial charge in [0.25, 0.3) is 0 Å². The van der Waals surface area contributed by atoms with Crippen molar-refractivity contribution in [1.82, 2.24) is 0 Å². The molecule has 0 unspecified atom stereocenters. The van der Waals surface area contributed by atoms with Gasteiger partial charge in [-0.25, -0.2) is 0 Å². The summed E-state index contributed by atoms with van der Waals surface area (Å²) in [5.41, 5.74) is 0. The van der Waals surface area contributed by atoms with Crippen LogP contribution >= 0.6 is 7.92 Å². The molecule has 0 amide bonds. The second-order valence-electron chi connectivity index (χ2n) is 4.34. The first-order chi connectivity index (χ1) is 10.4. The summed E-state index contributed by atoms with van der Waals surface area (Å²) in [6, 6.07) is 32.3. The minimum Gasteiger partial charge on any atom is -0.545 e. The van der Waals surface area contributed by atoms with Crippen LogP contribution in [0.3, 0.4) is 0 Å². The molecule has 0 atom stereocenters. The zero-order valence-electron chi connectivity index (χ0n) is 12.2. The Balaban J connectivity index is 0.00000117. The van der Waals surface area contributed by atoms with Gasteiger partial charge in [-0.1, -0.05) is 91.0 Å². The van der Waals surface area contributed by atoms with E-state index in [1.807, 2.05) is 0 Å². The van der Waals surface area contributed by atoms with Gasteiger partial charge >= 0.3 is 0 Å². The van der Waals surface area contributed by atoms with E-state index in [0.717, 1.165) is 0 Å². The van der Waals surface area contributed by atoms with Gasteiger partial charge in [-0.15, -0.1) is 0 Å². The van der Waals surface area contributed by atoms with E-state index in [9.17, 15) is 0 Å². The maximum Gasteiger partial charge on any atom is 0 e. The first kappa shape index (κ1) is 21.7. The molecule has 124 valence electrons. The zero-order valence-corrected chi connectivity index (χ0v) is 15.1. The van der Waals surface area contributed by atoms with E-state index in [0.29, 0.717) is 0 Å². The van der Waals surface area contributed by atoms with Crippen molar-refractivity contribution in [3.05, 3.63) is 91.0 Å². The molecule has 0 fully saturated rings. The van der Waals surface area contributed by atoms with Crippen LogP contribution in [-0.4, -0.2) is 6.79 Å². The largest absolute Gasteiger partial charge is 0.545 e. The van der Waals surface area contributed by atoms with Gasteiger partial charge in [0.15, 0.2) is 0 Å². The first-order valence-corrected chi connectivity index (χ1v) is 7.98. The average Bonchev–Trinajstić information content (AvgIpc) is 2.60. The fourth-order valence-electron chi connectivity index (χ4n) is 2.18. The molecule has 0 bridgehead atoms. The van der Waals surface area contributed by atoms with Crippen LogP contribution in [0.1, 0.15) is 0 Å². The van der Waals surface area contributed by atoms with Crippen LogP contribution < -0.4 is 15.9 Å². The third kappa shape index (κ3) is 6.04. The van der Waals surface area contributed by atoms with Gasteiger partial charge < -0.3 is 4.79 Å². The number of benzene rings is 3. The van der Waals surface area contributed by atoms with E-state index in [-0.39, 0.29) is 33.0 Å². The van der Waals surface area contributed by atoms with Crippen molar-refractivity contribution in [2.45, 2.75) is 0 Å². The molecule has 0 heterocycles. The second-order valence-corrected chi connectivity index (χ2v) is 6.56. The normalized spacial score (nSPS) is 8.91. The summed E-state index contributed by atoms with van der Waals surface area (Å²) in [6.45, 7) is 3.25. The first-order valence-electron chi connectivity index (χ1n) is 6.64. The van der Waals surface area contributed by atoms with E-state index in [2.05, 4.69) is 97.8 Å². The van der Waals surface area contributed by atoms with Crippen molar-refractivity contribution in [3.63, 3.8) is 0 Å². The maximum absolute atomic E-state index is 7.75. The van der Waals surface area contributed by atoms with E-state index in [1.165, 1.54) is 15.9 Å². The van der Waals surface area contributed by atoms with E-state index < -0.39 is 7.92 Å². The fraction of sp³-hybridized carbons (Fsp3) is 0. The quantitative estimate of drug-likeness (QED) is 0.282. The Kier molecular flexibility index (Phi) is 11.5. The van der Waals surface area contributed by atoms with Gasteiger partial charge in [0.05, 0.1) is 0 Å². The van der Waals surface area contributed by atoms with Crippen molar-refractivity contribution >= 4 is 30.6 Å². The van der Waals surface area contributed by atoms with Crippen LogP contribution in [0, 0.1) is 0 Å². The van der Waals surface area contributed by atoms with Gasteiger partial charge in [-0.2, -0.15) is 0 Å². The van der Waals surface area contributed by atoms with Crippen LogP contribution in [0.2, 0.25) is 0 Å². The zero-order chi connectivity index (χ0) is 14.9. The molecule has 3 aromatic rings. The topological polar surface area (TPSA) is 17.1 Å². The Labute approximate surface area is 159 Å². The van der Waals surface area contributed by atoms with E-state index in [1.54, 1.807) is 0 Å². The van der Waals surface area contributed by atoms with Crippen molar-refractivity contribution in [2.24, 2.45) is 0 Å². The summed E-state index contributed by atoms with van der Waals surface area (Å²) < 4.78 is 0. The molecule has 0 aliphatic heterocycles. The Hall–Kier alpha value is -1.25. The number of carbonyl (C=O) groups excluding carboxylic acids is 1. The molecular weight excluding hydrogens is 393 g/mol. The van der Waals surface area contributed by atoms with Gasteiger partial charge in [0.2, 0.25) is 0 Å². The van der Waals surface area contributed by atoms with E-state index in [4.69, 9.17) is 4.79 Å². The van der Waals surface area contributed by atoms with Crippen LogP contribution in [0.15, 0.2) is 91.0 Å². The van der Waals surface area contributed by atoms with Gasteiger partial charge in [-0.05, 0) is 23.8 Å². The summed E-state index contributed by atoms with van der Waals surface area (Å²) in [5.74, 6) is 0. The fourth-order valence-corrected chi connectivity index (χ4v) is 4.48. The van der Waals surface area contributed by atoms with Crippen LogP contribution in [0.4, 0.5) is 0 Å². The Morgan fingerprint density at radius 3 is 0.913 bits per heavy atom. The van der Waals surface area contributed by atoms with Crippen molar-refractivity contribution in [3.8, 4) is 0 Å². The molecule has 1 nitrogen and oxygen atoms in total. The standard InChI is InChI=1S/C18H15P.CHO.2Ni/c1-4-10-16(11-5-1)19(17-12-6-2-7-13-17)18-14-8-3-9-15-18;1-2;;/h1-15H;1H;;/q;-1;;. The molecule has 3 aromatic carbocycles. The second kappa shape index (κ2) is 12.2. The Bertz CT molecular complexity index is 554. The SMILES string of the molecule is [CH-]=O.[Ni].[Ni].c1ccc(P(c2ccccc2)c2ccccc2)cc1. The number of rotatable bonds is 3. The number of hydrogen-bond acceptors (Lipinski definition) is 1. The summed E-state index contributed by atoms with van der Waals surface area (Å²) in [6.07, 6.45) is 0. The average molecular weight is 409 g/mol. The minimum absolute atomic E-state index is 0. The van der Waals surface area contributed by atoms with Crippen molar-refractivity contribution in [2.75, 3.05) is 0 Å². The molecule has 3 rings (SSSR count). The van der Waals surface area contributed by atoms with Gasteiger partial charge in [0.1, 0.15) is 0 Å². The van der Waals surface area contributed by atoms with Crippen LogP contribution in [0.25, 0.3) is 0 Å². The monoisotopic (exact) mass is 407 g/mol. The predicted octanol–water partition coefficient (Wildman–Crippen LogP) is 3.17. The molecular formula is C19H16Ni2OP-. The third-order valence-corrected chi connectivity index (χ3v) is 5.49. The third-order valence-electron chi connectivity index (χ3n) is 3.04. The van der Waals surface area contributed by atoms with Crippen LogP contribution in [-0.2, 0) is 37.8 Å². The van der Waals surface area contributed by atoms with Crippen molar-refractivity contribution in [1.29, 1.82) is 0 Å². The minimum atomic E-state index is -0.446. The summed E-state index contributed by atoms with van der Waals surface area (Å²) >= 11 is 0. The molecule has 0 saturated heterocycles. The summed E-state index contributed by atoms with van der Waals surface area (Å²) in [7, 11) is -0.446. The molecule has 23 heavy (non-hydrogen) atoms. The number of hydrogen-bond donors (Lipinski definition) is 0. The molecule has 0 aromatic heterocycles. The smallest absolute Gasteiger partial charge is 0 e. The van der Waals surface area contributed by atoms with E-state index >= 15 is 0 Å². The molecule has 0 saturated carbocycles. The molecule has 4 heteroatoms. The Morgan fingerprint density at radius 2 is 0.696 bits per heavy atom. The van der Waals surface area contributed by atoms with Gasteiger partial charge in [-0.3, -0.25) is 6.79 Å². The summed E-state index contributed by atoms with van der Waals surface area (Å²) in [4.78, 5) is 7.75. The molecule has 0 spiro atoms. The van der Waals surface area contributed by atoms with Crippen LogP contribution in [0.5, 0.6) is 0 Å². The summed E-state index contributed by atoms with van der Waals surface area (Å²) in [5, 5.41) is 4.19. The molecule has 0 N–H and O–H groups in total. The molecule has 0 radical (unpaired) electrons. The predicted molar refractivity (Wildman–Crippen MR) is 91.9 cm³/mol.